The van der Waals surface area contributed by atoms with Gasteiger partial charge in [0.05, 0.1) is 11.5 Å². The molecule has 1 aromatic rings. The highest BCUT2D eigenvalue weighted by atomic mass is 32.2. The lowest BCUT2D eigenvalue weighted by Gasteiger charge is -2.16. The number of aromatic hydroxyl groups is 1. The Hall–Kier alpha value is -1.36. The zero-order chi connectivity index (χ0) is 14.1. The van der Waals surface area contributed by atoms with Gasteiger partial charge in [-0.1, -0.05) is 12.1 Å². The van der Waals surface area contributed by atoms with E-state index in [2.05, 4.69) is 6.58 Å². The van der Waals surface area contributed by atoms with Crippen LogP contribution in [0.5, 0.6) is 5.75 Å². The molecule has 0 saturated heterocycles. The van der Waals surface area contributed by atoms with Crippen molar-refractivity contribution in [3.8, 4) is 5.75 Å². The molecule has 0 heterocycles. The molecule has 0 spiro atoms. The molecule has 0 aromatic heterocycles. The maximum Gasteiger partial charge on any atom is 0.164 e. The van der Waals surface area contributed by atoms with Gasteiger partial charge in [-0.2, -0.15) is 0 Å². The fourth-order valence-electron chi connectivity index (χ4n) is 2.27. The average molecular weight is 284 g/mol. The topological polar surface area (TPSA) is 54.4 Å². The lowest BCUT2D eigenvalue weighted by Crippen LogP contribution is -2.23. The summed E-state index contributed by atoms with van der Waals surface area (Å²) in [5.74, 6) is -0.967. The predicted molar refractivity (Wildman–Crippen MR) is 72.4 cm³/mol. The van der Waals surface area contributed by atoms with E-state index in [4.69, 9.17) is 0 Å². The van der Waals surface area contributed by atoms with Gasteiger partial charge in [0, 0.05) is 5.41 Å². The molecule has 2 rings (SSSR count). The number of allylic oxidation sites excluding steroid dienone is 1. The summed E-state index contributed by atoms with van der Waals surface area (Å²) in [4.78, 5) is 0. The number of sulfone groups is 1. The molecule has 1 aliphatic rings. The van der Waals surface area contributed by atoms with Gasteiger partial charge in [0.2, 0.25) is 0 Å². The first-order valence-electron chi connectivity index (χ1n) is 6.19. The molecular weight excluding hydrogens is 267 g/mol. The first-order valence-corrected chi connectivity index (χ1v) is 8.01. The third kappa shape index (κ3) is 3.15. The van der Waals surface area contributed by atoms with Crippen LogP contribution in [0.4, 0.5) is 4.39 Å². The number of phenols is 1. The molecule has 0 bridgehead atoms. The van der Waals surface area contributed by atoms with Crippen LogP contribution in [0.15, 0.2) is 30.9 Å². The molecule has 19 heavy (non-hydrogen) atoms. The van der Waals surface area contributed by atoms with Gasteiger partial charge in [-0.3, -0.25) is 0 Å². The molecule has 0 radical (unpaired) electrons. The summed E-state index contributed by atoms with van der Waals surface area (Å²) in [6.45, 7) is 3.52. The number of phenolic OH excluding ortho intramolecular Hbond substituents is 1. The first kappa shape index (κ1) is 14.1. The minimum absolute atomic E-state index is 0.0545. The monoisotopic (exact) mass is 284 g/mol. The second-order valence-electron chi connectivity index (χ2n) is 5.12. The minimum atomic E-state index is -3.16. The summed E-state index contributed by atoms with van der Waals surface area (Å²) in [5, 5.41) is 9.39. The van der Waals surface area contributed by atoms with Gasteiger partial charge in [0.15, 0.2) is 21.4 Å². The quantitative estimate of drug-likeness (QED) is 0.817. The summed E-state index contributed by atoms with van der Waals surface area (Å²) in [6.07, 6.45) is 3.53. The zero-order valence-corrected chi connectivity index (χ0v) is 11.4. The molecule has 1 aliphatic carbocycles. The molecule has 0 aliphatic heterocycles. The molecule has 5 heteroatoms. The summed E-state index contributed by atoms with van der Waals surface area (Å²) in [5.41, 5.74) is 0.263. The standard InChI is InChI=1S/C14H17FO3S/c1-2-3-8-19(17,18)10-14(6-7-14)11-4-5-12(15)13(16)9-11/h2,4-5,9,16H,1,3,6-8,10H2. The molecule has 0 atom stereocenters. The molecule has 104 valence electrons. The van der Waals surface area contributed by atoms with Crippen LogP contribution in [0.3, 0.4) is 0 Å². The Labute approximate surface area is 112 Å². The lowest BCUT2D eigenvalue weighted by molar-refractivity contribution is 0.430. The number of benzene rings is 1. The average Bonchev–Trinajstić information content (AvgIpc) is 3.10. The molecule has 1 N–H and O–H groups in total. The maximum atomic E-state index is 13.0. The van der Waals surface area contributed by atoms with E-state index in [9.17, 15) is 17.9 Å². The van der Waals surface area contributed by atoms with Gasteiger partial charge in [0.25, 0.3) is 0 Å². The number of hydrogen-bond acceptors (Lipinski definition) is 3. The number of rotatable bonds is 6. The van der Waals surface area contributed by atoms with Crippen LogP contribution in [0.2, 0.25) is 0 Å². The molecule has 1 fully saturated rings. The molecule has 1 aromatic carbocycles. The van der Waals surface area contributed by atoms with E-state index in [-0.39, 0.29) is 11.5 Å². The second-order valence-corrected chi connectivity index (χ2v) is 7.30. The van der Waals surface area contributed by atoms with Crippen LogP contribution in [0.1, 0.15) is 24.8 Å². The van der Waals surface area contributed by atoms with Crippen LogP contribution < -0.4 is 0 Å². The Morgan fingerprint density at radius 1 is 1.42 bits per heavy atom. The van der Waals surface area contributed by atoms with E-state index < -0.39 is 26.8 Å². The van der Waals surface area contributed by atoms with Crippen molar-refractivity contribution in [1.82, 2.24) is 0 Å². The van der Waals surface area contributed by atoms with Gasteiger partial charge in [-0.25, -0.2) is 12.8 Å². The van der Waals surface area contributed by atoms with Gasteiger partial charge in [0.1, 0.15) is 0 Å². The van der Waals surface area contributed by atoms with E-state index in [1.54, 1.807) is 12.1 Å². The second kappa shape index (κ2) is 4.96. The van der Waals surface area contributed by atoms with Crippen LogP contribution in [0.25, 0.3) is 0 Å². The smallest absolute Gasteiger partial charge is 0.164 e. The summed E-state index contributed by atoms with van der Waals surface area (Å²) >= 11 is 0. The lowest BCUT2D eigenvalue weighted by atomic mass is 9.98. The van der Waals surface area contributed by atoms with Crippen molar-refractivity contribution in [2.75, 3.05) is 11.5 Å². The highest BCUT2D eigenvalue weighted by Crippen LogP contribution is 2.50. The normalized spacial score (nSPS) is 17.1. The van der Waals surface area contributed by atoms with Crippen molar-refractivity contribution < 1.29 is 17.9 Å². The van der Waals surface area contributed by atoms with Gasteiger partial charge >= 0.3 is 0 Å². The Kier molecular flexibility index (Phi) is 3.67. The highest BCUT2D eigenvalue weighted by molar-refractivity contribution is 7.91. The minimum Gasteiger partial charge on any atom is -0.505 e. The zero-order valence-electron chi connectivity index (χ0n) is 10.6. The SMILES string of the molecule is C=CCCS(=O)(=O)CC1(c2ccc(F)c(O)c2)CC1. The van der Waals surface area contributed by atoms with E-state index in [0.29, 0.717) is 12.0 Å². The molecule has 0 unspecified atom stereocenters. The van der Waals surface area contributed by atoms with Crippen LogP contribution >= 0.6 is 0 Å². The molecule has 0 amide bonds. The predicted octanol–water partition coefficient (Wildman–Crippen LogP) is 2.55. The summed E-state index contributed by atoms with van der Waals surface area (Å²) in [7, 11) is -3.16. The number of hydrogen-bond donors (Lipinski definition) is 1. The molecule has 1 saturated carbocycles. The Morgan fingerprint density at radius 3 is 2.63 bits per heavy atom. The Bertz CT molecular complexity index is 589. The highest BCUT2D eigenvalue weighted by Gasteiger charge is 2.47. The fraction of sp³-hybridized carbons (Fsp3) is 0.429. The largest absolute Gasteiger partial charge is 0.505 e. The van der Waals surface area contributed by atoms with E-state index in [1.165, 1.54) is 12.1 Å². The van der Waals surface area contributed by atoms with Crippen LogP contribution in [0, 0.1) is 5.82 Å². The number of halogens is 1. The van der Waals surface area contributed by atoms with Crippen molar-refractivity contribution in [3.63, 3.8) is 0 Å². The van der Waals surface area contributed by atoms with Crippen LogP contribution in [-0.2, 0) is 15.3 Å². The molecular formula is C14H17FO3S. The van der Waals surface area contributed by atoms with Crippen molar-refractivity contribution >= 4 is 9.84 Å². The van der Waals surface area contributed by atoms with Crippen molar-refractivity contribution in [3.05, 3.63) is 42.2 Å². The molecule has 3 nitrogen and oxygen atoms in total. The maximum absolute atomic E-state index is 13.0. The Balaban J connectivity index is 2.19. The summed E-state index contributed by atoms with van der Waals surface area (Å²) < 4.78 is 37.0. The van der Waals surface area contributed by atoms with Crippen molar-refractivity contribution in [1.29, 1.82) is 0 Å². The van der Waals surface area contributed by atoms with E-state index in [0.717, 1.165) is 12.8 Å². The van der Waals surface area contributed by atoms with Gasteiger partial charge in [-0.15, -0.1) is 6.58 Å². The van der Waals surface area contributed by atoms with Crippen molar-refractivity contribution in [2.24, 2.45) is 0 Å². The van der Waals surface area contributed by atoms with E-state index >= 15 is 0 Å². The third-order valence-electron chi connectivity index (χ3n) is 3.54. The third-order valence-corrected chi connectivity index (χ3v) is 5.39. The van der Waals surface area contributed by atoms with Gasteiger partial charge < -0.3 is 5.11 Å². The first-order chi connectivity index (χ1) is 8.88. The van der Waals surface area contributed by atoms with Crippen molar-refractivity contribution in [2.45, 2.75) is 24.7 Å². The summed E-state index contributed by atoms with van der Waals surface area (Å²) in [6, 6.07) is 4.08. The van der Waals surface area contributed by atoms with Crippen LogP contribution in [-0.4, -0.2) is 25.0 Å². The Morgan fingerprint density at radius 2 is 2.11 bits per heavy atom. The fourth-order valence-corrected chi connectivity index (χ4v) is 4.23. The van der Waals surface area contributed by atoms with Gasteiger partial charge in [-0.05, 0) is 37.0 Å². The van der Waals surface area contributed by atoms with E-state index in [1.807, 2.05) is 0 Å².